The summed E-state index contributed by atoms with van der Waals surface area (Å²) in [5, 5.41) is 1.01. The van der Waals surface area contributed by atoms with E-state index in [2.05, 4.69) is 0 Å². The maximum Gasteiger partial charge on any atom is 0.142 e. The maximum absolute atomic E-state index is 12.9. The smallest absolute Gasteiger partial charge is 0.142 e. The molecule has 3 aromatic rings. The second kappa shape index (κ2) is 4.27. The molecule has 2 N–H and O–H groups in total. The van der Waals surface area contributed by atoms with Gasteiger partial charge in [0.05, 0.1) is 6.54 Å². The fourth-order valence-electron chi connectivity index (χ4n) is 2.07. The Morgan fingerprint density at radius 2 is 1.83 bits per heavy atom. The summed E-state index contributed by atoms with van der Waals surface area (Å²) in [7, 11) is 0. The van der Waals surface area contributed by atoms with Crippen molar-refractivity contribution in [2.24, 2.45) is 5.73 Å². The molecule has 3 rings (SSSR count). The molecule has 0 radical (unpaired) electrons. The van der Waals surface area contributed by atoms with E-state index in [1.54, 1.807) is 12.1 Å². The van der Waals surface area contributed by atoms with Crippen molar-refractivity contribution in [3.05, 3.63) is 60.1 Å². The molecule has 0 saturated carbocycles. The molecule has 1 heterocycles. The molecular formula is C15H12FNO. The van der Waals surface area contributed by atoms with Crippen LogP contribution in [0.5, 0.6) is 0 Å². The third kappa shape index (κ3) is 1.79. The van der Waals surface area contributed by atoms with Crippen LogP contribution in [0, 0.1) is 5.82 Å². The number of rotatable bonds is 2. The first-order chi connectivity index (χ1) is 8.78. The SMILES string of the molecule is NCc1cc2cccc(-c3ccc(F)cc3)c2o1. The Bertz CT molecular complexity index is 685. The van der Waals surface area contributed by atoms with Gasteiger partial charge in [-0.3, -0.25) is 0 Å². The van der Waals surface area contributed by atoms with E-state index in [-0.39, 0.29) is 5.82 Å². The van der Waals surface area contributed by atoms with Gasteiger partial charge < -0.3 is 10.2 Å². The van der Waals surface area contributed by atoms with E-state index in [1.807, 2.05) is 24.3 Å². The summed E-state index contributed by atoms with van der Waals surface area (Å²) in [6.45, 7) is 0.373. The fourth-order valence-corrected chi connectivity index (χ4v) is 2.07. The Morgan fingerprint density at radius 1 is 1.06 bits per heavy atom. The first kappa shape index (κ1) is 11.0. The Balaban J connectivity index is 2.22. The molecule has 1 aromatic heterocycles. The maximum atomic E-state index is 12.9. The molecule has 3 heteroatoms. The summed E-state index contributed by atoms with van der Waals surface area (Å²) >= 11 is 0. The van der Waals surface area contributed by atoms with Crippen molar-refractivity contribution < 1.29 is 8.81 Å². The van der Waals surface area contributed by atoms with E-state index >= 15 is 0 Å². The molecule has 0 fully saturated rings. The quantitative estimate of drug-likeness (QED) is 0.743. The lowest BCUT2D eigenvalue weighted by Crippen LogP contribution is -1.92. The molecule has 0 aliphatic heterocycles. The van der Waals surface area contributed by atoms with Gasteiger partial charge in [0.1, 0.15) is 17.2 Å². The van der Waals surface area contributed by atoms with Crippen LogP contribution >= 0.6 is 0 Å². The van der Waals surface area contributed by atoms with E-state index in [0.29, 0.717) is 6.54 Å². The topological polar surface area (TPSA) is 39.2 Å². The fraction of sp³-hybridized carbons (Fsp3) is 0.0667. The van der Waals surface area contributed by atoms with Crippen LogP contribution in [0.2, 0.25) is 0 Å². The molecule has 0 bridgehead atoms. The van der Waals surface area contributed by atoms with Crippen LogP contribution < -0.4 is 5.73 Å². The van der Waals surface area contributed by atoms with Crippen LogP contribution in [0.4, 0.5) is 4.39 Å². The molecule has 0 unspecified atom stereocenters. The number of nitrogens with two attached hydrogens (primary N) is 1. The zero-order valence-corrected chi connectivity index (χ0v) is 9.69. The Kier molecular flexibility index (Phi) is 2.61. The summed E-state index contributed by atoms with van der Waals surface area (Å²) in [6.07, 6.45) is 0. The minimum atomic E-state index is -0.243. The van der Waals surface area contributed by atoms with Crippen molar-refractivity contribution in [2.45, 2.75) is 6.54 Å². The first-order valence-corrected chi connectivity index (χ1v) is 5.75. The number of para-hydroxylation sites is 1. The molecule has 0 aliphatic carbocycles. The van der Waals surface area contributed by atoms with Crippen LogP contribution in [-0.4, -0.2) is 0 Å². The van der Waals surface area contributed by atoms with Gasteiger partial charge in [0.15, 0.2) is 0 Å². The van der Waals surface area contributed by atoms with Crippen LogP contribution in [0.25, 0.3) is 22.1 Å². The Labute approximate surface area is 104 Å². The molecular weight excluding hydrogens is 229 g/mol. The highest BCUT2D eigenvalue weighted by molar-refractivity contribution is 5.92. The lowest BCUT2D eigenvalue weighted by Gasteiger charge is -2.02. The second-order valence-electron chi connectivity index (χ2n) is 4.15. The number of furan rings is 1. The molecule has 0 aliphatic rings. The second-order valence-corrected chi connectivity index (χ2v) is 4.15. The highest BCUT2D eigenvalue weighted by Crippen LogP contribution is 2.30. The molecule has 90 valence electrons. The van der Waals surface area contributed by atoms with Crippen LogP contribution in [0.3, 0.4) is 0 Å². The van der Waals surface area contributed by atoms with Crippen molar-refractivity contribution in [1.29, 1.82) is 0 Å². The third-order valence-electron chi connectivity index (χ3n) is 2.95. The number of fused-ring (bicyclic) bond motifs is 1. The summed E-state index contributed by atoms with van der Waals surface area (Å²) in [4.78, 5) is 0. The highest BCUT2D eigenvalue weighted by atomic mass is 19.1. The van der Waals surface area contributed by atoms with Gasteiger partial charge in [-0.05, 0) is 23.8 Å². The molecule has 0 amide bonds. The monoisotopic (exact) mass is 241 g/mol. The molecule has 2 aromatic carbocycles. The van der Waals surface area contributed by atoms with Crippen LogP contribution in [-0.2, 0) is 6.54 Å². The van der Waals surface area contributed by atoms with Gasteiger partial charge in [-0.25, -0.2) is 4.39 Å². The molecule has 18 heavy (non-hydrogen) atoms. The number of hydrogen-bond donors (Lipinski definition) is 1. The lowest BCUT2D eigenvalue weighted by atomic mass is 10.0. The third-order valence-corrected chi connectivity index (χ3v) is 2.95. The largest absolute Gasteiger partial charge is 0.459 e. The Morgan fingerprint density at radius 3 is 2.56 bits per heavy atom. The van der Waals surface area contributed by atoms with Crippen molar-refractivity contribution in [2.75, 3.05) is 0 Å². The predicted molar refractivity (Wildman–Crippen MR) is 69.5 cm³/mol. The summed E-state index contributed by atoms with van der Waals surface area (Å²) in [6, 6.07) is 14.2. The normalized spacial score (nSPS) is 11.0. The van der Waals surface area contributed by atoms with Crippen LogP contribution in [0.15, 0.2) is 52.9 Å². The summed E-state index contributed by atoms with van der Waals surface area (Å²) in [5.74, 6) is 0.507. The number of halogens is 1. The lowest BCUT2D eigenvalue weighted by molar-refractivity contribution is 0.553. The summed E-state index contributed by atoms with van der Waals surface area (Å²) < 4.78 is 18.6. The van der Waals surface area contributed by atoms with E-state index in [0.717, 1.165) is 27.9 Å². The summed E-state index contributed by atoms with van der Waals surface area (Å²) in [5.41, 5.74) is 8.26. The van der Waals surface area contributed by atoms with E-state index in [9.17, 15) is 4.39 Å². The van der Waals surface area contributed by atoms with Gasteiger partial charge in [0.25, 0.3) is 0 Å². The average Bonchev–Trinajstić information content (AvgIpc) is 2.82. The molecule has 0 spiro atoms. The van der Waals surface area contributed by atoms with Gasteiger partial charge in [-0.2, -0.15) is 0 Å². The van der Waals surface area contributed by atoms with E-state index < -0.39 is 0 Å². The minimum Gasteiger partial charge on any atom is -0.459 e. The van der Waals surface area contributed by atoms with Gasteiger partial charge in [-0.1, -0.05) is 30.3 Å². The number of benzene rings is 2. The number of hydrogen-bond acceptors (Lipinski definition) is 2. The Hall–Kier alpha value is -2.13. The van der Waals surface area contributed by atoms with Gasteiger partial charge in [-0.15, -0.1) is 0 Å². The zero-order chi connectivity index (χ0) is 12.5. The molecule has 0 atom stereocenters. The average molecular weight is 241 g/mol. The van der Waals surface area contributed by atoms with Crippen molar-refractivity contribution in [1.82, 2.24) is 0 Å². The molecule has 0 saturated heterocycles. The zero-order valence-electron chi connectivity index (χ0n) is 9.69. The van der Waals surface area contributed by atoms with Gasteiger partial charge in [0, 0.05) is 10.9 Å². The van der Waals surface area contributed by atoms with Crippen molar-refractivity contribution in [3.63, 3.8) is 0 Å². The predicted octanol–water partition coefficient (Wildman–Crippen LogP) is 3.70. The molecule has 2 nitrogen and oxygen atoms in total. The highest BCUT2D eigenvalue weighted by Gasteiger charge is 2.09. The van der Waals surface area contributed by atoms with Crippen molar-refractivity contribution in [3.8, 4) is 11.1 Å². The van der Waals surface area contributed by atoms with E-state index in [1.165, 1.54) is 12.1 Å². The van der Waals surface area contributed by atoms with E-state index in [4.69, 9.17) is 10.2 Å². The van der Waals surface area contributed by atoms with Gasteiger partial charge >= 0.3 is 0 Å². The van der Waals surface area contributed by atoms with Gasteiger partial charge in [0.2, 0.25) is 0 Å². The van der Waals surface area contributed by atoms with Crippen LogP contribution in [0.1, 0.15) is 5.76 Å². The van der Waals surface area contributed by atoms with Crippen molar-refractivity contribution >= 4 is 11.0 Å². The first-order valence-electron chi connectivity index (χ1n) is 5.75. The standard InChI is InChI=1S/C15H12FNO/c16-12-6-4-10(5-7-12)14-3-1-2-11-8-13(9-17)18-15(11)14/h1-8H,9,17H2. The minimum absolute atomic E-state index is 0.243.